The van der Waals surface area contributed by atoms with Gasteiger partial charge in [0.25, 0.3) is 0 Å². The molecule has 0 radical (unpaired) electrons. The lowest BCUT2D eigenvalue weighted by Gasteiger charge is -2.19. The Morgan fingerprint density at radius 2 is 1.90 bits per heavy atom. The standard InChI is InChI=1S/C15H15ClF3NS/c1-2-7-20-12(8-9-3-6-13(16)21-9)10-4-5-11(17)15(19)14(10)18/h3-6,12,20H,2,7-8H2,1H3. The van der Waals surface area contributed by atoms with Gasteiger partial charge in [-0.05, 0) is 31.2 Å². The third-order valence-corrected chi connectivity index (χ3v) is 4.37. The fourth-order valence-electron chi connectivity index (χ4n) is 2.08. The quantitative estimate of drug-likeness (QED) is 0.725. The first-order valence-corrected chi connectivity index (χ1v) is 7.83. The van der Waals surface area contributed by atoms with Crippen LogP contribution in [0.1, 0.15) is 29.8 Å². The van der Waals surface area contributed by atoms with Crippen LogP contribution in [0.15, 0.2) is 24.3 Å². The number of halogens is 4. The molecule has 0 bridgehead atoms. The van der Waals surface area contributed by atoms with Crippen LogP contribution in [0.4, 0.5) is 13.2 Å². The average molecular weight is 334 g/mol. The van der Waals surface area contributed by atoms with Crippen LogP contribution in [0, 0.1) is 17.5 Å². The minimum atomic E-state index is -1.43. The summed E-state index contributed by atoms with van der Waals surface area (Å²) in [7, 11) is 0. The first-order valence-electron chi connectivity index (χ1n) is 6.64. The van der Waals surface area contributed by atoms with E-state index in [2.05, 4.69) is 5.32 Å². The van der Waals surface area contributed by atoms with Crippen LogP contribution >= 0.6 is 22.9 Å². The number of benzene rings is 1. The monoisotopic (exact) mass is 333 g/mol. The third-order valence-electron chi connectivity index (χ3n) is 3.12. The van der Waals surface area contributed by atoms with Crippen molar-refractivity contribution in [2.45, 2.75) is 25.8 Å². The lowest BCUT2D eigenvalue weighted by Crippen LogP contribution is -2.25. The highest BCUT2D eigenvalue weighted by Crippen LogP contribution is 2.29. The Kier molecular flexibility index (Phi) is 5.67. The Hall–Kier alpha value is -1.04. The van der Waals surface area contributed by atoms with Crippen molar-refractivity contribution in [3.05, 3.63) is 56.5 Å². The summed E-state index contributed by atoms with van der Waals surface area (Å²) >= 11 is 7.28. The van der Waals surface area contributed by atoms with Gasteiger partial charge >= 0.3 is 0 Å². The first-order chi connectivity index (χ1) is 10.0. The van der Waals surface area contributed by atoms with Crippen molar-refractivity contribution in [1.29, 1.82) is 0 Å². The predicted octanol–water partition coefficient (Wildman–Crippen LogP) is 5.10. The summed E-state index contributed by atoms with van der Waals surface area (Å²) in [6.45, 7) is 2.63. The van der Waals surface area contributed by atoms with E-state index in [9.17, 15) is 13.2 Å². The molecule has 0 saturated heterocycles. The van der Waals surface area contributed by atoms with E-state index in [1.165, 1.54) is 17.4 Å². The summed E-state index contributed by atoms with van der Waals surface area (Å²) < 4.78 is 41.1. The minimum Gasteiger partial charge on any atom is -0.310 e. The van der Waals surface area contributed by atoms with Gasteiger partial charge in [0, 0.05) is 22.9 Å². The van der Waals surface area contributed by atoms with Gasteiger partial charge in [-0.1, -0.05) is 24.6 Å². The van der Waals surface area contributed by atoms with Crippen molar-refractivity contribution < 1.29 is 13.2 Å². The average Bonchev–Trinajstić information content (AvgIpc) is 2.87. The van der Waals surface area contributed by atoms with Gasteiger partial charge in [-0.15, -0.1) is 11.3 Å². The van der Waals surface area contributed by atoms with Crippen molar-refractivity contribution >= 4 is 22.9 Å². The van der Waals surface area contributed by atoms with Gasteiger partial charge in [0.2, 0.25) is 0 Å². The zero-order chi connectivity index (χ0) is 15.4. The molecule has 114 valence electrons. The van der Waals surface area contributed by atoms with E-state index in [0.29, 0.717) is 17.3 Å². The van der Waals surface area contributed by atoms with E-state index in [4.69, 9.17) is 11.6 Å². The molecule has 1 aromatic carbocycles. The van der Waals surface area contributed by atoms with E-state index in [1.54, 1.807) is 6.07 Å². The van der Waals surface area contributed by atoms with Crippen LogP contribution in [0.2, 0.25) is 4.34 Å². The summed E-state index contributed by atoms with van der Waals surface area (Å²) in [4.78, 5) is 0.956. The highest BCUT2D eigenvalue weighted by molar-refractivity contribution is 7.16. The van der Waals surface area contributed by atoms with E-state index in [0.717, 1.165) is 17.4 Å². The molecule has 6 heteroatoms. The van der Waals surface area contributed by atoms with Crippen molar-refractivity contribution in [3.8, 4) is 0 Å². The lowest BCUT2D eigenvalue weighted by atomic mass is 10.0. The fourth-order valence-corrected chi connectivity index (χ4v) is 3.22. The van der Waals surface area contributed by atoms with Crippen LogP contribution in [-0.4, -0.2) is 6.54 Å². The van der Waals surface area contributed by atoms with E-state index < -0.39 is 23.5 Å². The van der Waals surface area contributed by atoms with Crippen molar-refractivity contribution in [2.24, 2.45) is 0 Å². The highest BCUT2D eigenvalue weighted by atomic mass is 35.5. The summed E-state index contributed by atoms with van der Waals surface area (Å²) in [6.07, 6.45) is 1.33. The molecule has 0 aliphatic rings. The van der Waals surface area contributed by atoms with Crippen molar-refractivity contribution in [3.63, 3.8) is 0 Å². The number of hydrogen-bond donors (Lipinski definition) is 1. The zero-order valence-corrected chi connectivity index (χ0v) is 13.0. The number of rotatable bonds is 6. The van der Waals surface area contributed by atoms with Gasteiger partial charge < -0.3 is 5.32 Å². The molecular weight excluding hydrogens is 319 g/mol. The maximum absolute atomic E-state index is 14.0. The van der Waals surface area contributed by atoms with Crippen LogP contribution in [0.3, 0.4) is 0 Å². The van der Waals surface area contributed by atoms with Crippen molar-refractivity contribution in [1.82, 2.24) is 5.32 Å². The van der Waals surface area contributed by atoms with Crippen LogP contribution < -0.4 is 5.32 Å². The largest absolute Gasteiger partial charge is 0.310 e. The molecule has 1 aromatic heterocycles. The third kappa shape index (κ3) is 3.99. The molecule has 0 aliphatic carbocycles. The maximum atomic E-state index is 14.0. The molecule has 2 aromatic rings. The van der Waals surface area contributed by atoms with Gasteiger partial charge in [-0.2, -0.15) is 0 Å². The van der Waals surface area contributed by atoms with E-state index >= 15 is 0 Å². The fraction of sp³-hybridized carbons (Fsp3) is 0.333. The normalized spacial score (nSPS) is 12.6. The zero-order valence-electron chi connectivity index (χ0n) is 11.4. The second-order valence-electron chi connectivity index (χ2n) is 4.68. The highest BCUT2D eigenvalue weighted by Gasteiger charge is 2.21. The van der Waals surface area contributed by atoms with Crippen LogP contribution in [0.25, 0.3) is 0 Å². The first kappa shape index (κ1) is 16.3. The van der Waals surface area contributed by atoms with Gasteiger partial charge in [-0.3, -0.25) is 0 Å². The maximum Gasteiger partial charge on any atom is 0.194 e. The Labute approximate surface area is 130 Å². The van der Waals surface area contributed by atoms with Gasteiger partial charge in [0.15, 0.2) is 17.5 Å². The molecular formula is C15H15ClF3NS. The van der Waals surface area contributed by atoms with E-state index in [-0.39, 0.29) is 5.56 Å². The molecule has 1 atom stereocenters. The van der Waals surface area contributed by atoms with Gasteiger partial charge in [-0.25, -0.2) is 13.2 Å². The molecule has 1 nitrogen and oxygen atoms in total. The lowest BCUT2D eigenvalue weighted by molar-refractivity contribution is 0.423. The summed E-state index contributed by atoms with van der Waals surface area (Å²) in [5, 5.41) is 3.17. The Balaban J connectivity index is 2.29. The smallest absolute Gasteiger partial charge is 0.194 e. The number of nitrogens with one attached hydrogen (secondary N) is 1. The molecule has 1 unspecified atom stereocenters. The molecule has 0 aliphatic heterocycles. The van der Waals surface area contributed by atoms with Crippen LogP contribution in [-0.2, 0) is 6.42 Å². The van der Waals surface area contributed by atoms with E-state index in [1.807, 2.05) is 13.0 Å². The molecule has 0 spiro atoms. The number of hydrogen-bond acceptors (Lipinski definition) is 2. The summed E-state index contributed by atoms with van der Waals surface area (Å²) in [5.41, 5.74) is 0.131. The predicted molar refractivity (Wildman–Crippen MR) is 80.4 cm³/mol. The second kappa shape index (κ2) is 7.29. The molecule has 0 amide bonds. The second-order valence-corrected chi connectivity index (χ2v) is 6.48. The Morgan fingerprint density at radius 3 is 2.52 bits per heavy atom. The molecule has 1 N–H and O–H groups in total. The SMILES string of the molecule is CCCNC(Cc1ccc(Cl)s1)c1ccc(F)c(F)c1F. The van der Waals surface area contributed by atoms with Gasteiger partial charge in [0.1, 0.15) is 0 Å². The van der Waals surface area contributed by atoms with Crippen molar-refractivity contribution in [2.75, 3.05) is 6.54 Å². The summed E-state index contributed by atoms with van der Waals surface area (Å²) in [6, 6.07) is 5.44. The topological polar surface area (TPSA) is 12.0 Å². The molecule has 1 heterocycles. The number of thiophene rings is 1. The molecule has 2 rings (SSSR count). The molecule has 21 heavy (non-hydrogen) atoms. The van der Waals surface area contributed by atoms with Crippen LogP contribution in [0.5, 0.6) is 0 Å². The Bertz CT molecular complexity index is 615. The minimum absolute atomic E-state index is 0.131. The van der Waals surface area contributed by atoms with Gasteiger partial charge in [0.05, 0.1) is 4.34 Å². The molecule has 0 fully saturated rings. The molecule has 0 saturated carbocycles. The summed E-state index contributed by atoms with van der Waals surface area (Å²) in [5.74, 6) is -3.74. The Morgan fingerprint density at radius 1 is 1.14 bits per heavy atom.